The van der Waals surface area contributed by atoms with Crippen LogP contribution in [-0.4, -0.2) is 90.7 Å². The van der Waals surface area contributed by atoms with Crippen LogP contribution in [0.2, 0.25) is 5.02 Å². The van der Waals surface area contributed by atoms with Gasteiger partial charge < -0.3 is 25.0 Å². The predicted molar refractivity (Wildman–Crippen MR) is 137 cm³/mol. The van der Waals surface area contributed by atoms with Crippen molar-refractivity contribution in [2.45, 2.75) is 12.8 Å². The Labute approximate surface area is 203 Å². The van der Waals surface area contributed by atoms with E-state index in [9.17, 15) is 0 Å². The first-order valence-electron chi connectivity index (χ1n) is 10.5. The summed E-state index contributed by atoms with van der Waals surface area (Å²) in [4.78, 5) is 9.17. The van der Waals surface area contributed by atoms with Gasteiger partial charge >= 0.3 is 0 Å². The first-order chi connectivity index (χ1) is 14.2. The number of methoxy groups -OCH3 is 1. The minimum absolute atomic E-state index is 0. The Morgan fingerprint density at radius 3 is 2.40 bits per heavy atom. The van der Waals surface area contributed by atoms with E-state index in [-0.39, 0.29) is 24.0 Å². The lowest BCUT2D eigenvalue weighted by Gasteiger charge is -2.36. The zero-order valence-electron chi connectivity index (χ0n) is 18.2. The zero-order valence-corrected chi connectivity index (χ0v) is 21.3. The fraction of sp³-hybridized carbons (Fsp3) is 0.667. The van der Waals surface area contributed by atoms with Gasteiger partial charge in [-0.25, -0.2) is 0 Å². The van der Waals surface area contributed by atoms with E-state index in [1.165, 1.54) is 0 Å². The van der Waals surface area contributed by atoms with Crippen LogP contribution in [0.3, 0.4) is 0 Å². The molecule has 0 saturated carbocycles. The van der Waals surface area contributed by atoms with Crippen LogP contribution in [0.4, 0.5) is 5.69 Å². The van der Waals surface area contributed by atoms with E-state index in [1.54, 1.807) is 14.2 Å². The second-order valence-corrected chi connectivity index (χ2v) is 7.43. The third-order valence-electron chi connectivity index (χ3n) is 4.92. The van der Waals surface area contributed by atoms with Crippen molar-refractivity contribution in [2.24, 2.45) is 4.99 Å². The van der Waals surface area contributed by atoms with Crippen LogP contribution in [0, 0.1) is 0 Å². The summed E-state index contributed by atoms with van der Waals surface area (Å²) >= 11 is 6.32. The van der Waals surface area contributed by atoms with Gasteiger partial charge in [0.1, 0.15) is 0 Å². The first kappa shape index (κ1) is 27.2. The number of rotatable bonds is 12. The summed E-state index contributed by atoms with van der Waals surface area (Å²) in [6.45, 7) is 9.05. The van der Waals surface area contributed by atoms with E-state index < -0.39 is 0 Å². The van der Waals surface area contributed by atoms with Gasteiger partial charge in [-0.05, 0) is 31.5 Å². The summed E-state index contributed by atoms with van der Waals surface area (Å²) in [5.41, 5.74) is 1.15. The minimum Gasteiger partial charge on any atom is -0.382 e. The molecule has 1 aliphatic rings. The first-order valence-corrected chi connectivity index (χ1v) is 10.9. The minimum atomic E-state index is 0. The molecule has 0 radical (unpaired) electrons. The van der Waals surface area contributed by atoms with Gasteiger partial charge in [-0.1, -0.05) is 23.7 Å². The number of nitrogens with one attached hydrogen (secondary N) is 2. The van der Waals surface area contributed by atoms with Crippen molar-refractivity contribution < 1.29 is 9.47 Å². The van der Waals surface area contributed by atoms with E-state index >= 15 is 0 Å². The fourth-order valence-electron chi connectivity index (χ4n) is 3.28. The molecule has 9 heteroatoms. The van der Waals surface area contributed by atoms with Crippen molar-refractivity contribution in [2.75, 3.05) is 84.7 Å². The molecule has 0 aromatic heterocycles. The molecule has 1 fully saturated rings. The molecule has 7 nitrogen and oxygen atoms in total. The number of nitrogens with zero attached hydrogens (tertiary/aromatic N) is 3. The van der Waals surface area contributed by atoms with Crippen molar-refractivity contribution >= 4 is 47.2 Å². The molecule has 30 heavy (non-hydrogen) atoms. The number of halogens is 2. The summed E-state index contributed by atoms with van der Waals surface area (Å²) in [5.74, 6) is 0.852. The molecule has 1 heterocycles. The van der Waals surface area contributed by atoms with Crippen LogP contribution in [0.1, 0.15) is 12.8 Å². The van der Waals surface area contributed by atoms with Crippen LogP contribution in [0.15, 0.2) is 29.3 Å². The highest BCUT2D eigenvalue weighted by atomic mass is 127. The lowest BCUT2D eigenvalue weighted by Crippen LogP contribution is -2.47. The summed E-state index contributed by atoms with van der Waals surface area (Å²) in [6.07, 6.45) is 2.03. The quantitative estimate of drug-likeness (QED) is 0.180. The Kier molecular flexibility index (Phi) is 15.3. The summed E-state index contributed by atoms with van der Waals surface area (Å²) in [6, 6.07) is 8.10. The van der Waals surface area contributed by atoms with Gasteiger partial charge in [0.25, 0.3) is 0 Å². The van der Waals surface area contributed by atoms with Crippen molar-refractivity contribution in [1.29, 1.82) is 0 Å². The predicted octanol–water partition coefficient (Wildman–Crippen LogP) is 2.69. The summed E-state index contributed by atoms with van der Waals surface area (Å²) in [5, 5.41) is 7.55. The van der Waals surface area contributed by atoms with Gasteiger partial charge in [-0.2, -0.15) is 0 Å². The number of hydrogen-bond acceptors (Lipinski definition) is 5. The Balaban J connectivity index is 0.00000450. The molecule has 2 N–H and O–H groups in total. The van der Waals surface area contributed by atoms with Gasteiger partial charge in [0, 0.05) is 60.0 Å². The number of ether oxygens (including phenoxy) is 2. The number of hydrogen-bond donors (Lipinski definition) is 2. The summed E-state index contributed by atoms with van der Waals surface area (Å²) < 4.78 is 10.4. The third kappa shape index (κ3) is 10.5. The highest BCUT2D eigenvalue weighted by Gasteiger charge is 2.18. The largest absolute Gasteiger partial charge is 0.382 e. The topological polar surface area (TPSA) is 61.4 Å². The van der Waals surface area contributed by atoms with E-state index in [2.05, 4.69) is 37.6 Å². The second-order valence-electron chi connectivity index (χ2n) is 7.02. The van der Waals surface area contributed by atoms with Crippen LogP contribution >= 0.6 is 35.6 Å². The smallest absolute Gasteiger partial charge is 0.190 e. The number of anilines is 1. The van der Waals surface area contributed by atoms with Crippen molar-refractivity contribution in [1.82, 2.24) is 15.5 Å². The van der Waals surface area contributed by atoms with Gasteiger partial charge in [-0.15, -0.1) is 24.0 Å². The molecule has 0 bridgehead atoms. The molecular weight excluding hydrogens is 517 g/mol. The van der Waals surface area contributed by atoms with Crippen LogP contribution in [-0.2, 0) is 9.47 Å². The molecule has 1 aromatic rings. The molecule has 1 aromatic carbocycles. The fourth-order valence-corrected chi connectivity index (χ4v) is 3.53. The van der Waals surface area contributed by atoms with E-state index in [0.29, 0.717) is 13.2 Å². The maximum Gasteiger partial charge on any atom is 0.190 e. The number of benzene rings is 1. The van der Waals surface area contributed by atoms with Gasteiger partial charge in [-0.3, -0.25) is 9.89 Å². The maximum atomic E-state index is 6.32. The van der Waals surface area contributed by atoms with Crippen LogP contribution in [0.25, 0.3) is 0 Å². The molecule has 0 amide bonds. The van der Waals surface area contributed by atoms with Crippen LogP contribution in [0.5, 0.6) is 0 Å². The maximum absolute atomic E-state index is 6.32. The standard InChI is InChI=1S/C21H36ClN5O2.HI/c1-23-21(25-10-6-16-29-18-17-28-2)24-9-5-11-26-12-14-27(15-13-26)20-8-4-3-7-19(20)22;/h3-4,7-8H,5-6,9-18H2,1-2H3,(H2,23,24,25);1H. The average Bonchev–Trinajstić information content (AvgIpc) is 2.75. The lowest BCUT2D eigenvalue weighted by atomic mass is 10.2. The van der Waals surface area contributed by atoms with Gasteiger partial charge in [0.05, 0.1) is 23.9 Å². The zero-order chi connectivity index (χ0) is 20.7. The lowest BCUT2D eigenvalue weighted by molar-refractivity contribution is 0.0698. The van der Waals surface area contributed by atoms with Crippen LogP contribution < -0.4 is 15.5 Å². The molecule has 1 aliphatic heterocycles. The molecule has 0 unspecified atom stereocenters. The van der Waals surface area contributed by atoms with E-state index in [4.69, 9.17) is 21.1 Å². The summed E-state index contributed by atoms with van der Waals surface area (Å²) in [7, 11) is 3.49. The molecule has 2 rings (SSSR count). The SMILES string of the molecule is CN=C(NCCCOCCOC)NCCCN1CCN(c2ccccc2Cl)CC1.I. The Morgan fingerprint density at radius 1 is 1.03 bits per heavy atom. The average molecular weight is 554 g/mol. The molecule has 1 saturated heterocycles. The van der Waals surface area contributed by atoms with Crippen molar-refractivity contribution in [3.8, 4) is 0 Å². The normalized spacial score (nSPS) is 15.0. The molecule has 0 aliphatic carbocycles. The monoisotopic (exact) mass is 553 g/mol. The molecule has 0 atom stereocenters. The molecule has 172 valence electrons. The molecular formula is C21H37ClIN5O2. The Bertz CT molecular complexity index is 601. The molecule has 0 spiro atoms. The number of guanidine groups is 1. The second kappa shape index (κ2) is 16.8. The van der Waals surface area contributed by atoms with Gasteiger partial charge in [0.2, 0.25) is 0 Å². The number of para-hydroxylation sites is 1. The number of piperazine rings is 1. The van der Waals surface area contributed by atoms with E-state index in [1.807, 2.05) is 12.1 Å². The van der Waals surface area contributed by atoms with Crippen molar-refractivity contribution in [3.05, 3.63) is 29.3 Å². The highest BCUT2D eigenvalue weighted by Crippen LogP contribution is 2.25. The number of aliphatic imine (C=N–C) groups is 1. The third-order valence-corrected chi connectivity index (χ3v) is 5.24. The highest BCUT2D eigenvalue weighted by molar-refractivity contribution is 14.0. The van der Waals surface area contributed by atoms with Gasteiger partial charge in [0.15, 0.2) is 5.96 Å². The van der Waals surface area contributed by atoms with E-state index in [0.717, 1.165) is 81.9 Å². The van der Waals surface area contributed by atoms with Crippen molar-refractivity contribution in [3.63, 3.8) is 0 Å². The Morgan fingerprint density at radius 2 is 1.73 bits per heavy atom. The Hall–Kier alpha value is -0.810.